The Hall–Kier alpha value is -2.78. The summed E-state index contributed by atoms with van der Waals surface area (Å²) < 4.78 is 36.5. The third kappa shape index (κ3) is 4.63. The van der Waals surface area contributed by atoms with E-state index in [9.17, 15) is 13.2 Å². The zero-order valence-electron chi connectivity index (χ0n) is 16.7. The first kappa shape index (κ1) is 20.9. The minimum absolute atomic E-state index is 0.169. The summed E-state index contributed by atoms with van der Waals surface area (Å²) in [5, 5.41) is 2.89. The van der Waals surface area contributed by atoms with Gasteiger partial charge in [-0.05, 0) is 54.4 Å². The van der Waals surface area contributed by atoms with E-state index in [0.29, 0.717) is 31.1 Å². The molecule has 0 spiro atoms. The lowest BCUT2D eigenvalue weighted by Crippen LogP contribution is -2.42. The number of carbonyl (C=O) groups is 1. The summed E-state index contributed by atoms with van der Waals surface area (Å²) >= 11 is 0. The van der Waals surface area contributed by atoms with Crippen LogP contribution < -0.4 is 19.5 Å². The molecule has 8 nitrogen and oxygen atoms in total. The molecule has 0 aromatic heterocycles. The van der Waals surface area contributed by atoms with Crippen molar-refractivity contribution in [3.8, 4) is 11.5 Å². The second-order valence-electron chi connectivity index (χ2n) is 6.66. The molecule has 0 saturated carbocycles. The van der Waals surface area contributed by atoms with Gasteiger partial charge in [-0.2, -0.15) is 0 Å². The highest BCUT2D eigenvalue weighted by atomic mass is 32.2. The zero-order chi connectivity index (χ0) is 21.0. The lowest BCUT2D eigenvalue weighted by atomic mass is 9.99. The molecule has 0 saturated heterocycles. The van der Waals surface area contributed by atoms with Gasteiger partial charge in [-0.3, -0.25) is 0 Å². The molecule has 0 unspecified atom stereocenters. The van der Waals surface area contributed by atoms with Gasteiger partial charge in [0.15, 0.2) is 11.5 Å². The van der Waals surface area contributed by atoms with E-state index in [1.165, 1.54) is 19.2 Å². The maximum absolute atomic E-state index is 12.6. The molecule has 0 bridgehead atoms. The minimum Gasteiger partial charge on any atom is -0.493 e. The lowest BCUT2D eigenvalue weighted by Gasteiger charge is -2.29. The SMILES string of the molecule is CNS(=O)(=O)c1ccc(CNC(=O)N2CCc3cc(OC)c(OC)cc3C2)cc1. The van der Waals surface area contributed by atoms with Gasteiger partial charge in [-0.1, -0.05) is 12.1 Å². The third-order valence-corrected chi connectivity index (χ3v) is 6.38. The van der Waals surface area contributed by atoms with Crippen molar-refractivity contribution in [2.45, 2.75) is 24.4 Å². The average Bonchev–Trinajstić information content (AvgIpc) is 2.76. The molecule has 156 valence electrons. The number of sulfonamides is 1. The van der Waals surface area contributed by atoms with Crippen LogP contribution in [0.15, 0.2) is 41.3 Å². The molecule has 0 aliphatic carbocycles. The van der Waals surface area contributed by atoms with Gasteiger partial charge in [0, 0.05) is 19.6 Å². The third-order valence-electron chi connectivity index (χ3n) is 4.95. The molecule has 2 amide bonds. The summed E-state index contributed by atoms with van der Waals surface area (Å²) in [5.74, 6) is 1.33. The van der Waals surface area contributed by atoms with E-state index in [-0.39, 0.29) is 10.9 Å². The number of amides is 2. The van der Waals surface area contributed by atoms with Crippen molar-refractivity contribution in [2.75, 3.05) is 27.8 Å². The molecular weight excluding hydrogens is 394 g/mol. The molecule has 3 rings (SSSR count). The van der Waals surface area contributed by atoms with Crippen molar-refractivity contribution in [2.24, 2.45) is 0 Å². The Bertz CT molecular complexity index is 990. The first-order chi connectivity index (χ1) is 13.9. The Morgan fingerprint density at radius 1 is 1.07 bits per heavy atom. The number of rotatable bonds is 6. The maximum Gasteiger partial charge on any atom is 0.317 e. The van der Waals surface area contributed by atoms with Crippen LogP contribution in [-0.4, -0.2) is 47.2 Å². The Balaban J connectivity index is 1.62. The molecule has 1 heterocycles. The molecule has 2 aromatic carbocycles. The number of urea groups is 1. The highest BCUT2D eigenvalue weighted by molar-refractivity contribution is 7.89. The van der Waals surface area contributed by atoms with E-state index in [1.807, 2.05) is 12.1 Å². The summed E-state index contributed by atoms with van der Waals surface area (Å²) in [5.41, 5.74) is 3.00. The van der Waals surface area contributed by atoms with Gasteiger partial charge in [-0.15, -0.1) is 0 Å². The second kappa shape index (κ2) is 8.71. The summed E-state index contributed by atoms with van der Waals surface area (Å²) in [6.45, 7) is 1.41. The number of hydrogen-bond donors (Lipinski definition) is 2. The van der Waals surface area contributed by atoms with Gasteiger partial charge >= 0.3 is 6.03 Å². The highest BCUT2D eigenvalue weighted by Crippen LogP contribution is 2.33. The zero-order valence-corrected chi connectivity index (χ0v) is 17.5. The van der Waals surface area contributed by atoms with Crippen LogP contribution in [0.25, 0.3) is 0 Å². The van der Waals surface area contributed by atoms with Gasteiger partial charge in [-0.25, -0.2) is 17.9 Å². The number of methoxy groups -OCH3 is 2. The first-order valence-electron chi connectivity index (χ1n) is 9.17. The van der Waals surface area contributed by atoms with Crippen LogP contribution in [0.1, 0.15) is 16.7 Å². The molecule has 0 radical (unpaired) electrons. The van der Waals surface area contributed by atoms with Crippen molar-refractivity contribution < 1.29 is 22.7 Å². The second-order valence-corrected chi connectivity index (χ2v) is 8.54. The predicted molar refractivity (Wildman–Crippen MR) is 109 cm³/mol. The number of benzene rings is 2. The molecule has 1 aliphatic heterocycles. The Kier molecular flexibility index (Phi) is 6.29. The van der Waals surface area contributed by atoms with Crippen molar-refractivity contribution in [3.05, 3.63) is 53.1 Å². The monoisotopic (exact) mass is 419 g/mol. The summed E-state index contributed by atoms with van der Waals surface area (Å²) in [4.78, 5) is 14.5. The normalized spacial score (nSPS) is 13.6. The number of ether oxygens (including phenoxy) is 2. The fraction of sp³-hybridized carbons (Fsp3) is 0.350. The van der Waals surface area contributed by atoms with Gasteiger partial charge in [0.2, 0.25) is 10.0 Å². The van der Waals surface area contributed by atoms with Crippen LogP contribution in [0.2, 0.25) is 0 Å². The highest BCUT2D eigenvalue weighted by Gasteiger charge is 2.22. The Morgan fingerprint density at radius 2 is 1.69 bits per heavy atom. The predicted octanol–water partition coefficient (Wildman–Crippen LogP) is 1.88. The van der Waals surface area contributed by atoms with Crippen molar-refractivity contribution in [3.63, 3.8) is 0 Å². The van der Waals surface area contributed by atoms with Crippen LogP contribution >= 0.6 is 0 Å². The smallest absolute Gasteiger partial charge is 0.317 e. The number of nitrogens with one attached hydrogen (secondary N) is 2. The summed E-state index contributed by atoms with van der Waals surface area (Å²) in [6.07, 6.45) is 0.736. The van der Waals surface area contributed by atoms with Crippen LogP contribution in [0.4, 0.5) is 4.79 Å². The molecule has 2 N–H and O–H groups in total. The quantitative estimate of drug-likeness (QED) is 0.745. The number of carbonyl (C=O) groups excluding carboxylic acids is 1. The van der Waals surface area contributed by atoms with Crippen LogP contribution in [0.3, 0.4) is 0 Å². The minimum atomic E-state index is -3.47. The van der Waals surface area contributed by atoms with Crippen molar-refractivity contribution >= 4 is 16.1 Å². The van der Waals surface area contributed by atoms with Crippen LogP contribution in [0, 0.1) is 0 Å². The van der Waals surface area contributed by atoms with E-state index in [2.05, 4.69) is 10.0 Å². The standard InChI is InChI=1S/C20H25N3O5S/c1-21-29(25,26)17-6-4-14(5-7-17)12-22-20(24)23-9-8-15-10-18(27-2)19(28-3)11-16(15)13-23/h4-7,10-11,21H,8-9,12-13H2,1-3H3,(H,22,24). The molecule has 9 heteroatoms. The van der Waals surface area contributed by atoms with E-state index < -0.39 is 10.0 Å². The van der Waals surface area contributed by atoms with Gasteiger partial charge in [0.1, 0.15) is 0 Å². The lowest BCUT2D eigenvalue weighted by molar-refractivity contribution is 0.191. The van der Waals surface area contributed by atoms with Crippen molar-refractivity contribution in [1.29, 1.82) is 0 Å². The average molecular weight is 420 g/mol. The number of fused-ring (bicyclic) bond motifs is 1. The fourth-order valence-corrected chi connectivity index (χ4v) is 3.98. The first-order valence-corrected chi connectivity index (χ1v) is 10.6. The topological polar surface area (TPSA) is 97.0 Å². The van der Waals surface area contributed by atoms with E-state index in [4.69, 9.17) is 9.47 Å². The Morgan fingerprint density at radius 3 is 2.28 bits per heavy atom. The number of nitrogens with zero attached hydrogens (tertiary/aromatic N) is 1. The molecule has 29 heavy (non-hydrogen) atoms. The van der Waals surface area contributed by atoms with Crippen LogP contribution in [-0.2, 0) is 29.5 Å². The van der Waals surface area contributed by atoms with Crippen molar-refractivity contribution in [1.82, 2.24) is 14.9 Å². The largest absolute Gasteiger partial charge is 0.493 e. The molecule has 0 atom stereocenters. The number of hydrogen-bond acceptors (Lipinski definition) is 5. The van der Waals surface area contributed by atoms with Gasteiger partial charge in [0.05, 0.1) is 19.1 Å². The maximum atomic E-state index is 12.6. The summed E-state index contributed by atoms with van der Waals surface area (Å²) in [6, 6.07) is 10.1. The fourth-order valence-electron chi connectivity index (χ4n) is 3.25. The molecule has 2 aromatic rings. The van der Waals surface area contributed by atoms with E-state index in [1.54, 1.807) is 31.3 Å². The van der Waals surface area contributed by atoms with Gasteiger partial charge in [0.25, 0.3) is 0 Å². The van der Waals surface area contributed by atoms with Gasteiger partial charge < -0.3 is 19.7 Å². The Labute approximate surface area is 170 Å². The molecular formula is C20H25N3O5S. The molecule has 0 fully saturated rings. The molecule has 1 aliphatic rings. The summed E-state index contributed by atoms with van der Waals surface area (Å²) in [7, 11) is 1.09. The van der Waals surface area contributed by atoms with Crippen LogP contribution in [0.5, 0.6) is 11.5 Å². The van der Waals surface area contributed by atoms with E-state index in [0.717, 1.165) is 23.1 Å². The van der Waals surface area contributed by atoms with E-state index >= 15 is 0 Å².